The molecule has 0 bridgehead atoms. The minimum absolute atomic E-state index is 0.362. The monoisotopic (exact) mass is 326 g/mol. The first-order valence-electron chi connectivity index (χ1n) is 7.87. The van der Waals surface area contributed by atoms with Gasteiger partial charge in [0.25, 0.3) is 0 Å². The molecule has 0 saturated carbocycles. The number of halogens is 2. The normalized spacial score (nSPS) is 16.4. The lowest BCUT2D eigenvalue weighted by molar-refractivity contribution is 0.0389. The van der Waals surface area contributed by atoms with Gasteiger partial charge in [0.05, 0.1) is 13.2 Å². The van der Waals surface area contributed by atoms with Crippen molar-refractivity contribution in [3.8, 4) is 0 Å². The first-order chi connectivity index (χ1) is 11.2. The second-order valence-electron chi connectivity index (χ2n) is 5.37. The van der Waals surface area contributed by atoms with Gasteiger partial charge in [0.15, 0.2) is 5.96 Å². The Balaban J connectivity index is 1.67. The summed E-state index contributed by atoms with van der Waals surface area (Å²) >= 11 is 0. The average molecular weight is 326 g/mol. The molecule has 0 unspecified atom stereocenters. The van der Waals surface area contributed by atoms with E-state index in [9.17, 15) is 8.78 Å². The zero-order valence-electron chi connectivity index (χ0n) is 13.4. The number of aliphatic imine (C=N–C) groups is 1. The van der Waals surface area contributed by atoms with E-state index in [0.29, 0.717) is 24.5 Å². The molecule has 1 saturated heterocycles. The summed E-state index contributed by atoms with van der Waals surface area (Å²) in [6, 6.07) is 3.50. The third-order valence-corrected chi connectivity index (χ3v) is 3.74. The van der Waals surface area contributed by atoms with Crippen LogP contribution in [0, 0.1) is 11.6 Å². The third kappa shape index (κ3) is 6.11. The Morgan fingerprint density at radius 1 is 1.22 bits per heavy atom. The molecule has 23 heavy (non-hydrogen) atoms. The van der Waals surface area contributed by atoms with Crippen molar-refractivity contribution in [2.24, 2.45) is 4.99 Å². The van der Waals surface area contributed by atoms with E-state index in [-0.39, 0.29) is 5.82 Å². The fraction of sp³-hybridized carbons (Fsp3) is 0.562. The van der Waals surface area contributed by atoms with Crippen molar-refractivity contribution >= 4 is 5.96 Å². The van der Waals surface area contributed by atoms with Gasteiger partial charge in [-0.3, -0.25) is 9.89 Å². The Morgan fingerprint density at radius 2 is 1.96 bits per heavy atom. The molecule has 1 aromatic rings. The van der Waals surface area contributed by atoms with E-state index in [1.165, 1.54) is 6.07 Å². The molecule has 7 heteroatoms. The minimum Gasteiger partial charge on any atom is -0.379 e. The van der Waals surface area contributed by atoms with Gasteiger partial charge in [-0.15, -0.1) is 0 Å². The van der Waals surface area contributed by atoms with Gasteiger partial charge >= 0.3 is 0 Å². The maximum atomic E-state index is 13.5. The summed E-state index contributed by atoms with van der Waals surface area (Å²) in [6.07, 6.45) is 0.397. The number of benzene rings is 1. The number of guanidine groups is 1. The van der Waals surface area contributed by atoms with Gasteiger partial charge in [0.1, 0.15) is 11.6 Å². The fourth-order valence-electron chi connectivity index (χ4n) is 2.43. The molecule has 0 spiro atoms. The van der Waals surface area contributed by atoms with Crippen LogP contribution in [0.4, 0.5) is 8.78 Å². The summed E-state index contributed by atoms with van der Waals surface area (Å²) in [7, 11) is 1.69. The second kappa shape index (κ2) is 9.42. The molecular formula is C16H24F2N4O. The van der Waals surface area contributed by atoms with E-state index in [1.807, 2.05) is 0 Å². The molecule has 0 aliphatic carbocycles. The highest BCUT2D eigenvalue weighted by Gasteiger charge is 2.09. The Hall–Kier alpha value is -1.73. The highest BCUT2D eigenvalue weighted by atomic mass is 19.1. The Kier molecular flexibility index (Phi) is 7.22. The molecule has 2 N–H and O–H groups in total. The largest absolute Gasteiger partial charge is 0.379 e. The smallest absolute Gasteiger partial charge is 0.191 e. The van der Waals surface area contributed by atoms with Gasteiger partial charge in [-0.05, 0) is 30.2 Å². The summed E-state index contributed by atoms with van der Waals surface area (Å²) in [6.45, 7) is 5.64. The van der Waals surface area contributed by atoms with Crippen LogP contribution in [0.5, 0.6) is 0 Å². The number of nitrogens with one attached hydrogen (secondary N) is 2. The van der Waals surface area contributed by atoms with Crippen molar-refractivity contribution in [1.82, 2.24) is 15.5 Å². The molecule has 0 atom stereocenters. The fourth-order valence-corrected chi connectivity index (χ4v) is 2.43. The summed E-state index contributed by atoms with van der Waals surface area (Å²) in [4.78, 5) is 6.45. The van der Waals surface area contributed by atoms with Crippen LogP contribution in [-0.4, -0.2) is 63.8 Å². The Morgan fingerprint density at radius 3 is 2.70 bits per heavy atom. The summed E-state index contributed by atoms with van der Waals surface area (Å²) in [5.41, 5.74) is 0.362. The maximum Gasteiger partial charge on any atom is 0.191 e. The van der Waals surface area contributed by atoms with Crippen LogP contribution in [0.3, 0.4) is 0 Å². The number of rotatable bonds is 6. The Bertz CT molecular complexity index is 519. The molecule has 1 aromatic carbocycles. The lowest BCUT2D eigenvalue weighted by Gasteiger charge is -2.26. The number of hydrogen-bond donors (Lipinski definition) is 2. The topological polar surface area (TPSA) is 48.9 Å². The van der Waals surface area contributed by atoms with Crippen molar-refractivity contribution < 1.29 is 13.5 Å². The van der Waals surface area contributed by atoms with Gasteiger partial charge in [-0.25, -0.2) is 8.78 Å². The lowest BCUT2D eigenvalue weighted by Crippen LogP contribution is -2.44. The highest BCUT2D eigenvalue weighted by molar-refractivity contribution is 5.79. The quantitative estimate of drug-likeness (QED) is 0.605. The van der Waals surface area contributed by atoms with E-state index < -0.39 is 5.82 Å². The molecule has 1 heterocycles. The molecule has 5 nitrogen and oxygen atoms in total. The summed E-state index contributed by atoms with van der Waals surface area (Å²) in [5.74, 6) is -0.145. The first-order valence-corrected chi connectivity index (χ1v) is 7.87. The van der Waals surface area contributed by atoms with E-state index in [0.717, 1.165) is 51.5 Å². The number of nitrogens with zero attached hydrogens (tertiary/aromatic N) is 2. The van der Waals surface area contributed by atoms with Gasteiger partial charge < -0.3 is 15.4 Å². The van der Waals surface area contributed by atoms with Crippen molar-refractivity contribution in [2.75, 3.05) is 53.0 Å². The zero-order valence-corrected chi connectivity index (χ0v) is 13.4. The maximum absolute atomic E-state index is 13.5. The summed E-state index contributed by atoms with van der Waals surface area (Å²) in [5, 5.41) is 6.33. The van der Waals surface area contributed by atoms with Gasteiger partial charge in [-0.2, -0.15) is 0 Å². The van der Waals surface area contributed by atoms with Crippen LogP contribution in [0.1, 0.15) is 5.56 Å². The molecule has 2 rings (SSSR count). The molecule has 1 aliphatic heterocycles. The average Bonchev–Trinajstić information content (AvgIpc) is 2.57. The first kappa shape index (κ1) is 17.6. The van der Waals surface area contributed by atoms with E-state index in [1.54, 1.807) is 7.05 Å². The second-order valence-corrected chi connectivity index (χ2v) is 5.37. The molecule has 0 amide bonds. The minimum atomic E-state index is -0.422. The van der Waals surface area contributed by atoms with Gasteiger partial charge in [-0.1, -0.05) is 0 Å². The van der Waals surface area contributed by atoms with Crippen molar-refractivity contribution in [1.29, 1.82) is 0 Å². The molecule has 0 aromatic heterocycles. The van der Waals surface area contributed by atoms with Crippen LogP contribution in [-0.2, 0) is 11.2 Å². The van der Waals surface area contributed by atoms with Crippen molar-refractivity contribution in [2.45, 2.75) is 6.42 Å². The Labute approximate surface area is 135 Å². The zero-order chi connectivity index (χ0) is 16.5. The van der Waals surface area contributed by atoms with Crippen LogP contribution in [0.25, 0.3) is 0 Å². The van der Waals surface area contributed by atoms with Crippen LogP contribution in [0.2, 0.25) is 0 Å². The van der Waals surface area contributed by atoms with Crippen LogP contribution in [0.15, 0.2) is 23.2 Å². The molecule has 1 aliphatic rings. The number of hydrogen-bond acceptors (Lipinski definition) is 3. The highest BCUT2D eigenvalue weighted by Crippen LogP contribution is 2.09. The predicted octanol–water partition coefficient (Wildman–Crippen LogP) is 1.00. The lowest BCUT2D eigenvalue weighted by atomic mass is 10.1. The van der Waals surface area contributed by atoms with E-state index >= 15 is 0 Å². The van der Waals surface area contributed by atoms with Crippen LogP contribution < -0.4 is 10.6 Å². The van der Waals surface area contributed by atoms with Gasteiger partial charge in [0.2, 0.25) is 0 Å². The van der Waals surface area contributed by atoms with Crippen molar-refractivity contribution in [3.63, 3.8) is 0 Å². The third-order valence-electron chi connectivity index (χ3n) is 3.74. The van der Waals surface area contributed by atoms with E-state index in [4.69, 9.17) is 4.74 Å². The van der Waals surface area contributed by atoms with Crippen molar-refractivity contribution in [3.05, 3.63) is 35.4 Å². The predicted molar refractivity (Wildman–Crippen MR) is 86.7 cm³/mol. The number of ether oxygens (including phenoxy) is 1. The standard InChI is InChI=1S/C16H24F2N4O/c1-19-16(21-6-7-22-8-10-23-11-9-22)20-5-4-13-12-14(17)2-3-15(13)18/h2-3,12H,4-11H2,1H3,(H2,19,20,21). The van der Waals surface area contributed by atoms with Gasteiger partial charge in [0, 0.05) is 39.8 Å². The molecular weight excluding hydrogens is 302 g/mol. The number of morpholine rings is 1. The van der Waals surface area contributed by atoms with Crippen LogP contribution >= 0.6 is 0 Å². The van der Waals surface area contributed by atoms with E-state index in [2.05, 4.69) is 20.5 Å². The SMILES string of the molecule is CN=C(NCCc1cc(F)ccc1F)NCCN1CCOCC1. The molecule has 128 valence electrons. The molecule has 1 fully saturated rings. The summed E-state index contributed by atoms with van der Waals surface area (Å²) < 4.78 is 31.9. The molecule has 0 radical (unpaired) electrons.